The van der Waals surface area contributed by atoms with Crippen molar-refractivity contribution >= 4 is 0 Å². The second kappa shape index (κ2) is 7.97. The van der Waals surface area contributed by atoms with Gasteiger partial charge in [-0.15, -0.1) is 0 Å². The molecule has 140 valence electrons. The van der Waals surface area contributed by atoms with Gasteiger partial charge in [0.15, 0.2) is 0 Å². The Kier molecular flexibility index (Phi) is 6.16. The Labute approximate surface area is 144 Å². The van der Waals surface area contributed by atoms with Crippen molar-refractivity contribution in [3.8, 4) is 0 Å². The number of hydrogen-bond donors (Lipinski definition) is 0. The first kappa shape index (κ1) is 18.5. The molecule has 1 nitrogen and oxygen atoms in total. The molecule has 3 fully saturated rings. The second-order valence-electron chi connectivity index (χ2n) is 8.49. The Bertz CT molecular complexity index is 379. The van der Waals surface area contributed by atoms with Crippen molar-refractivity contribution in [2.75, 3.05) is 0 Å². The van der Waals surface area contributed by atoms with Crippen LogP contribution in [0.5, 0.6) is 0 Å². The van der Waals surface area contributed by atoms with E-state index in [4.69, 9.17) is 4.74 Å². The Morgan fingerprint density at radius 1 is 0.750 bits per heavy atom. The van der Waals surface area contributed by atoms with Gasteiger partial charge in [0.25, 0.3) is 0 Å². The molecule has 2 saturated carbocycles. The van der Waals surface area contributed by atoms with E-state index in [0.29, 0.717) is 42.8 Å². The lowest BCUT2D eigenvalue weighted by Crippen LogP contribution is -2.33. The summed E-state index contributed by atoms with van der Waals surface area (Å²) in [6, 6.07) is 0. The quantitative estimate of drug-likeness (QED) is 0.564. The highest BCUT2D eigenvalue weighted by atomic mass is 19.4. The molecule has 2 atom stereocenters. The fraction of sp³-hybridized carbons (Fsp3) is 1.00. The fourth-order valence-electron chi connectivity index (χ4n) is 5.52. The molecule has 1 heterocycles. The van der Waals surface area contributed by atoms with Gasteiger partial charge in [-0.3, -0.25) is 0 Å². The third-order valence-corrected chi connectivity index (χ3v) is 6.99. The van der Waals surface area contributed by atoms with Crippen LogP contribution in [0.3, 0.4) is 0 Å². The molecule has 0 N–H and O–H groups in total. The van der Waals surface area contributed by atoms with Crippen molar-refractivity contribution in [1.29, 1.82) is 0 Å². The summed E-state index contributed by atoms with van der Waals surface area (Å²) in [5.74, 6) is 0.882. The molecule has 0 aromatic rings. The zero-order valence-electron chi connectivity index (χ0n) is 15.0. The van der Waals surface area contributed by atoms with Gasteiger partial charge in [0.05, 0.1) is 18.1 Å². The minimum absolute atomic E-state index is 0.360. The number of rotatable bonds is 4. The van der Waals surface area contributed by atoms with Crippen molar-refractivity contribution in [3.63, 3.8) is 0 Å². The number of alkyl halides is 3. The standard InChI is InChI=1S/C20H33F3O/c1-2-3-18-12-13-19(24-18)16-6-4-14(5-7-16)15-8-10-17(11-9-15)20(21,22)23/h14-19H,2-13H2,1H3. The zero-order chi connectivity index (χ0) is 17.2. The SMILES string of the molecule is CCCC1CCC(C2CCC(C3CCC(C(F)(F)F)CC3)CC2)O1. The van der Waals surface area contributed by atoms with Gasteiger partial charge in [0, 0.05) is 0 Å². The monoisotopic (exact) mass is 346 g/mol. The molecule has 0 aromatic heterocycles. The van der Waals surface area contributed by atoms with Crippen molar-refractivity contribution in [2.45, 2.75) is 102 Å². The molecule has 0 aromatic carbocycles. The summed E-state index contributed by atoms with van der Waals surface area (Å²) < 4.78 is 44.7. The number of hydrogen-bond acceptors (Lipinski definition) is 1. The van der Waals surface area contributed by atoms with Crippen molar-refractivity contribution in [2.24, 2.45) is 23.7 Å². The molecule has 2 aliphatic carbocycles. The topological polar surface area (TPSA) is 9.23 Å². The van der Waals surface area contributed by atoms with Gasteiger partial charge < -0.3 is 4.74 Å². The van der Waals surface area contributed by atoms with Crippen molar-refractivity contribution in [1.82, 2.24) is 0 Å². The summed E-state index contributed by atoms with van der Waals surface area (Å²) >= 11 is 0. The lowest BCUT2D eigenvalue weighted by Gasteiger charge is -2.39. The summed E-state index contributed by atoms with van der Waals surface area (Å²) in [6.07, 6.45) is 8.98. The first-order valence-corrected chi connectivity index (χ1v) is 10.2. The molecular formula is C20H33F3O. The number of ether oxygens (including phenoxy) is 1. The average molecular weight is 346 g/mol. The molecule has 1 aliphatic heterocycles. The normalized spacial score (nSPS) is 41.5. The first-order chi connectivity index (χ1) is 11.5. The fourth-order valence-corrected chi connectivity index (χ4v) is 5.52. The van der Waals surface area contributed by atoms with Crippen molar-refractivity contribution < 1.29 is 17.9 Å². The summed E-state index contributed by atoms with van der Waals surface area (Å²) in [5, 5.41) is 0. The zero-order valence-corrected chi connectivity index (χ0v) is 15.0. The Morgan fingerprint density at radius 2 is 1.29 bits per heavy atom. The van der Waals surface area contributed by atoms with Gasteiger partial charge in [-0.1, -0.05) is 13.3 Å². The van der Waals surface area contributed by atoms with E-state index in [2.05, 4.69) is 6.92 Å². The van der Waals surface area contributed by atoms with E-state index >= 15 is 0 Å². The highest BCUT2D eigenvalue weighted by Gasteiger charge is 2.43. The highest BCUT2D eigenvalue weighted by molar-refractivity contribution is 4.87. The molecule has 0 bridgehead atoms. The van der Waals surface area contributed by atoms with E-state index in [-0.39, 0.29) is 0 Å². The Morgan fingerprint density at radius 3 is 1.83 bits per heavy atom. The molecular weight excluding hydrogens is 313 g/mol. The third kappa shape index (κ3) is 4.47. The summed E-state index contributed by atoms with van der Waals surface area (Å²) in [6.45, 7) is 2.22. The van der Waals surface area contributed by atoms with E-state index in [9.17, 15) is 13.2 Å². The maximum atomic E-state index is 12.8. The van der Waals surface area contributed by atoms with Crippen LogP contribution in [0, 0.1) is 23.7 Å². The van der Waals surface area contributed by atoms with Gasteiger partial charge in [-0.05, 0) is 88.4 Å². The van der Waals surface area contributed by atoms with Crippen LogP contribution in [0.4, 0.5) is 13.2 Å². The van der Waals surface area contributed by atoms with Crippen molar-refractivity contribution in [3.05, 3.63) is 0 Å². The molecule has 0 radical (unpaired) electrons. The minimum atomic E-state index is -3.97. The molecule has 3 rings (SSSR count). The van der Waals surface area contributed by atoms with Crippen LogP contribution >= 0.6 is 0 Å². The summed E-state index contributed by atoms with van der Waals surface area (Å²) in [5.41, 5.74) is 0. The molecule has 4 heteroatoms. The maximum absolute atomic E-state index is 12.8. The molecule has 2 unspecified atom stereocenters. The molecule has 24 heavy (non-hydrogen) atoms. The van der Waals surface area contributed by atoms with Crippen LogP contribution in [0.15, 0.2) is 0 Å². The molecule has 1 saturated heterocycles. The van der Waals surface area contributed by atoms with E-state index in [1.165, 1.54) is 51.4 Å². The van der Waals surface area contributed by atoms with Gasteiger partial charge >= 0.3 is 6.18 Å². The summed E-state index contributed by atoms with van der Waals surface area (Å²) in [7, 11) is 0. The van der Waals surface area contributed by atoms with E-state index in [1.54, 1.807) is 0 Å². The lowest BCUT2D eigenvalue weighted by molar-refractivity contribution is -0.185. The predicted octanol–water partition coefficient (Wildman–Crippen LogP) is 6.51. The van der Waals surface area contributed by atoms with E-state index in [1.807, 2.05) is 0 Å². The maximum Gasteiger partial charge on any atom is 0.391 e. The molecule has 0 amide bonds. The van der Waals surface area contributed by atoms with Gasteiger partial charge in [-0.2, -0.15) is 13.2 Å². The third-order valence-electron chi connectivity index (χ3n) is 6.99. The predicted molar refractivity (Wildman–Crippen MR) is 89.8 cm³/mol. The average Bonchev–Trinajstić information content (AvgIpc) is 3.03. The number of halogens is 3. The molecule has 0 spiro atoms. The van der Waals surface area contributed by atoms with Crippen LogP contribution in [0.1, 0.15) is 84.0 Å². The lowest BCUT2D eigenvalue weighted by atomic mass is 9.68. The van der Waals surface area contributed by atoms with Gasteiger partial charge in [-0.25, -0.2) is 0 Å². The molecule has 3 aliphatic rings. The first-order valence-electron chi connectivity index (χ1n) is 10.2. The second-order valence-corrected chi connectivity index (χ2v) is 8.49. The van der Waals surface area contributed by atoms with E-state index < -0.39 is 12.1 Å². The smallest absolute Gasteiger partial charge is 0.375 e. The summed E-state index contributed by atoms with van der Waals surface area (Å²) in [4.78, 5) is 0. The Hall–Kier alpha value is -0.250. The van der Waals surface area contributed by atoms with Gasteiger partial charge in [0.1, 0.15) is 0 Å². The van der Waals surface area contributed by atoms with Crippen LogP contribution in [-0.4, -0.2) is 18.4 Å². The van der Waals surface area contributed by atoms with Gasteiger partial charge in [0.2, 0.25) is 0 Å². The van der Waals surface area contributed by atoms with Crippen LogP contribution in [0.2, 0.25) is 0 Å². The van der Waals surface area contributed by atoms with Crippen LogP contribution in [0.25, 0.3) is 0 Å². The van der Waals surface area contributed by atoms with Crippen LogP contribution < -0.4 is 0 Å². The Balaban J connectivity index is 1.40. The largest absolute Gasteiger partial charge is 0.391 e. The minimum Gasteiger partial charge on any atom is -0.375 e. The van der Waals surface area contributed by atoms with Crippen LogP contribution in [-0.2, 0) is 4.74 Å². The highest BCUT2D eigenvalue weighted by Crippen LogP contribution is 2.46. The van der Waals surface area contributed by atoms with E-state index in [0.717, 1.165) is 12.8 Å².